The van der Waals surface area contributed by atoms with Crippen LogP contribution in [0.15, 0.2) is 30.6 Å². The first-order valence-electron chi connectivity index (χ1n) is 12.8. The summed E-state index contributed by atoms with van der Waals surface area (Å²) in [5.41, 5.74) is 11.6. The lowest BCUT2D eigenvalue weighted by molar-refractivity contribution is -0.122. The van der Waals surface area contributed by atoms with Crippen molar-refractivity contribution >= 4 is 28.5 Å². The maximum Gasteiger partial charge on any atom is 0.255 e. The van der Waals surface area contributed by atoms with Crippen LogP contribution in [0.25, 0.3) is 11.0 Å². The van der Waals surface area contributed by atoms with Crippen LogP contribution in [0.5, 0.6) is 0 Å². The molecule has 1 saturated carbocycles. The van der Waals surface area contributed by atoms with Crippen LogP contribution in [0.4, 0.5) is 5.69 Å². The van der Waals surface area contributed by atoms with Crippen molar-refractivity contribution < 1.29 is 9.59 Å². The molecule has 1 aromatic carbocycles. The Hall–Kier alpha value is -3.42. The number of pyridine rings is 1. The van der Waals surface area contributed by atoms with Gasteiger partial charge in [-0.3, -0.25) is 9.59 Å². The van der Waals surface area contributed by atoms with Gasteiger partial charge in [-0.05, 0) is 75.0 Å². The molecular weight excluding hydrogens is 440 g/mol. The van der Waals surface area contributed by atoms with E-state index in [2.05, 4.69) is 38.9 Å². The maximum atomic E-state index is 13.4. The largest absolute Gasteiger partial charge is 0.381 e. The summed E-state index contributed by atoms with van der Waals surface area (Å²) < 4.78 is 1.84. The second-order valence-electron chi connectivity index (χ2n) is 9.78. The molecule has 0 bridgehead atoms. The predicted molar refractivity (Wildman–Crippen MR) is 136 cm³/mol. The fourth-order valence-corrected chi connectivity index (χ4v) is 5.61. The number of aromatic nitrogens is 3. The van der Waals surface area contributed by atoms with Gasteiger partial charge in [0.1, 0.15) is 0 Å². The topological polar surface area (TPSA) is 115 Å². The van der Waals surface area contributed by atoms with E-state index in [9.17, 15) is 9.59 Å². The van der Waals surface area contributed by atoms with Crippen LogP contribution < -0.4 is 16.4 Å². The Labute approximate surface area is 205 Å². The lowest BCUT2D eigenvalue weighted by atomic mass is 9.85. The summed E-state index contributed by atoms with van der Waals surface area (Å²) in [4.78, 5) is 29.6. The Bertz CT molecular complexity index is 1240. The molecule has 4 N–H and O–H groups in total. The van der Waals surface area contributed by atoms with E-state index in [1.807, 2.05) is 11.6 Å². The van der Waals surface area contributed by atoms with Crippen molar-refractivity contribution in [2.24, 2.45) is 11.7 Å². The highest BCUT2D eigenvalue weighted by Gasteiger charge is 2.27. The van der Waals surface area contributed by atoms with Gasteiger partial charge in [0.2, 0.25) is 5.91 Å². The Balaban J connectivity index is 1.39. The van der Waals surface area contributed by atoms with Gasteiger partial charge in [-0.15, -0.1) is 0 Å². The second-order valence-corrected chi connectivity index (χ2v) is 9.78. The zero-order valence-corrected chi connectivity index (χ0v) is 20.3. The smallest absolute Gasteiger partial charge is 0.255 e. The first-order chi connectivity index (χ1) is 17.0. The molecule has 3 aromatic rings. The zero-order valence-electron chi connectivity index (χ0n) is 20.3. The summed E-state index contributed by atoms with van der Waals surface area (Å²) in [5, 5.41) is 12.1. The molecular formula is C27H34N6O2. The summed E-state index contributed by atoms with van der Waals surface area (Å²) >= 11 is 0. The van der Waals surface area contributed by atoms with Gasteiger partial charge in [0.15, 0.2) is 5.65 Å². The Morgan fingerprint density at radius 1 is 1.11 bits per heavy atom. The number of nitrogens with one attached hydrogen (secondary N) is 2. The SMILES string of the molecule is CCn1ncc2c(NC3CCC(C(N)=O)CC3)c(C(=O)NCc3cccc4c3CCCC4)cnc21. The molecule has 8 nitrogen and oxygen atoms in total. The third-order valence-electron chi connectivity index (χ3n) is 7.62. The van der Waals surface area contributed by atoms with Gasteiger partial charge in [-0.2, -0.15) is 5.10 Å². The van der Waals surface area contributed by atoms with Crippen molar-refractivity contribution in [3.63, 3.8) is 0 Å². The van der Waals surface area contributed by atoms with Gasteiger partial charge in [-0.25, -0.2) is 9.67 Å². The molecule has 0 spiro atoms. The van der Waals surface area contributed by atoms with Crippen LogP contribution in [0.1, 0.15) is 72.5 Å². The number of nitrogens with two attached hydrogens (primary N) is 1. The van der Waals surface area contributed by atoms with E-state index in [0.29, 0.717) is 18.7 Å². The van der Waals surface area contributed by atoms with Gasteiger partial charge in [0.25, 0.3) is 5.91 Å². The van der Waals surface area contributed by atoms with Gasteiger partial charge in [0, 0.05) is 31.2 Å². The number of amides is 2. The number of carbonyl (C=O) groups excluding carboxylic acids is 2. The van der Waals surface area contributed by atoms with Crippen LogP contribution >= 0.6 is 0 Å². The normalized spacial score (nSPS) is 19.8. The molecule has 2 aromatic heterocycles. The van der Waals surface area contributed by atoms with E-state index >= 15 is 0 Å². The molecule has 5 rings (SSSR count). The summed E-state index contributed by atoms with van der Waals surface area (Å²) in [6, 6.07) is 6.58. The minimum atomic E-state index is -0.220. The molecule has 2 heterocycles. The number of aryl methyl sites for hydroxylation is 2. The molecule has 2 amide bonds. The van der Waals surface area contributed by atoms with Gasteiger partial charge >= 0.3 is 0 Å². The van der Waals surface area contributed by atoms with Gasteiger partial charge in [-0.1, -0.05) is 18.2 Å². The zero-order chi connectivity index (χ0) is 24.4. The number of rotatable bonds is 7. The average molecular weight is 475 g/mol. The number of benzene rings is 1. The van der Waals surface area contributed by atoms with Gasteiger partial charge in [0.05, 0.1) is 22.8 Å². The number of nitrogens with zero attached hydrogens (tertiary/aromatic N) is 3. The Morgan fingerprint density at radius 2 is 1.91 bits per heavy atom. The van der Waals surface area contributed by atoms with E-state index in [-0.39, 0.29) is 23.8 Å². The second kappa shape index (κ2) is 10.1. The molecule has 1 fully saturated rings. The number of primary amides is 1. The van der Waals surface area contributed by atoms with E-state index in [1.54, 1.807) is 12.4 Å². The van der Waals surface area contributed by atoms with E-state index in [4.69, 9.17) is 5.73 Å². The minimum absolute atomic E-state index is 0.0621. The Morgan fingerprint density at radius 3 is 2.69 bits per heavy atom. The lowest BCUT2D eigenvalue weighted by Gasteiger charge is -2.29. The standard InChI is InChI=1S/C27H34N6O2/c1-2-33-26-22(16-31-33)24(32-20-12-10-18(11-13-20)25(28)34)23(15-29-26)27(35)30-14-19-8-5-7-17-6-3-4-9-21(17)19/h5,7-8,15-16,18,20H,2-4,6,9-14H2,1H3,(H2,28,34)(H,29,32)(H,30,35). The fourth-order valence-electron chi connectivity index (χ4n) is 5.61. The van der Waals surface area contributed by atoms with Crippen molar-refractivity contribution in [1.82, 2.24) is 20.1 Å². The number of carbonyl (C=O) groups is 2. The van der Waals surface area contributed by atoms with Crippen LogP contribution in [-0.4, -0.2) is 32.6 Å². The third-order valence-corrected chi connectivity index (χ3v) is 7.62. The van der Waals surface area contributed by atoms with Gasteiger partial charge < -0.3 is 16.4 Å². The van der Waals surface area contributed by atoms with Crippen molar-refractivity contribution in [2.45, 2.75) is 77.4 Å². The highest BCUT2D eigenvalue weighted by molar-refractivity contribution is 6.06. The molecule has 8 heteroatoms. The van der Waals surface area contributed by atoms with Crippen molar-refractivity contribution in [3.8, 4) is 0 Å². The molecule has 2 aliphatic carbocycles. The van der Waals surface area contributed by atoms with Crippen LogP contribution in [-0.2, 0) is 30.7 Å². The highest BCUT2D eigenvalue weighted by Crippen LogP contribution is 2.32. The molecule has 0 saturated heterocycles. The maximum absolute atomic E-state index is 13.4. The molecule has 0 radical (unpaired) electrons. The minimum Gasteiger partial charge on any atom is -0.381 e. The molecule has 184 valence electrons. The van der Waals surface area contributed by atoms with Crippen molar-refractivity contribution in [3.05, 3.63) is 52.8 Å². The van der Waals surface area contributed by atoms with E-state index in [1.165, 1.54) is 29.5 Å². The molecule has 2 aliphatic rings. The van der Waals surface area contributed by atoms with E-state index < -0.39 is 0 Å². The van der Waals surface area contributed by atoms with Crippen LogP contribution in [0.2, 0.25) is 0 Å². The first-order valence-corrected chi connectivity index (χ1v) is 12.8. The summed E-state index contributed by atoms with van der Waals surface area (Å²) in [7, 11) is 0. The number of anilines is 1. The van der Waals surface area contributed by atoms with Crippen LogP contribution in [0, 0.1) is 5.92 Å². The van der Waals surface area contributed by atoms with Crippen molar-refractivity contribution in [1.29, 1.82) is 0 Å². The molecule has 0 atom stereocenters. The summed E-state index contributed by atoms with van der Waals surface area (Å²) in [6.45, 7) is 3.22. The number of hydrogen-bond acceptors (Lipinski definition) is 5. The monoisotopic (exact) mass is 474 g/mol. The highest BCUT2D eigenvalue weighted by atomic mass is 16.2. The third kappa shape index (κ3) is 4.74. The number of hydrogen-bond donors (Lipinski definition) is 3. The average Bonchev–Trinajstić information content (AvgIpc) is 3.31. The quantitative estimate of drug-likeness (QED) is 0.483. The summed E-state index contributed by atoms with van der Waals surface area (Å²) in [6.07, 6.45) is 11.2. The predicted octanol–water partition coefficient (Wildman–Crippen LogP) is 3.72. The lowest BCUT2D eigenvalue weighted by Crippen LogP contribution is -2.33. The molecule has 35 heavy (non-hydrogen) atoms. The summed E-state index contributed by atoms with van der Waals surface area (Å²) in [5.74, 6) is -0.430. The number of fused-ring (bicyclic) bond motifs is 2. The fraction of sp³-hybridized carbons (Fsp3) is 0.481. The Kier molecular flexibility index (Phi) is 6.70. The van der Waals surface area contributed by atoms with E-state index in [0.717, 1.165) is 55.2 Å². The molecule has 0 aliphatic heterocycles. The van der Waals surface area contributed by atoms with Crippen molar-refractivity contribution in [2.75, 3.05) is 5.32 Å². The molecule has 0 unspecified atom stereocenters. The van der Waals surface area contributed by atoms with Crippen LogP contribution in [0.3, 0.4) is 0 Å². The first kappa shape index (κ1) is 23.3.